The van der Waals surface area contributed by atoms with Crippen LogP contribution >= 0.6 is 11.3 Å². The summed E-state index contributed by atoms with van der Waals surface area (Å²) in [4.78, 5) is 26.7. The van der Waals surface area contributed by atoms with E-state index in [1.165, 1.54) is 18.4 Å². The summed E-state index contributed by atoms with van der Waals surface area (Å²) in [6.45, 7) is 2.47. The van der Waals surface area contributed by atoms with Crippen LogP contribution in [0.4, 0.5) is 5.69 Å². The lowest BCUT2D eigenvalue weighted by atomic mass is 10.1. The third-order valence-corrected chi connectivity index (χ3v) is 5.22. The SMILES string of the molecule is COc1ccc(NC(=O)C(=O)NC[C@H](c2ccsc2)N2CCCC2)cc1. The summed E-state index contributed by atoms with van der Waals surface area (Å²) in [7, 11) is 1.57. The average molecular weight is 373 g/mol. The molecule has 0 spiro atoms. The van der Waals surface area contributed by atoms with Crippen molar-refractivity contribution in [1.29, 1.82) is 0 Å². The fourth-order valence-corrected chi connectivity index (χ4v) is 3.81. The van der Waals surface area contributed by atoms with Crippen LogP contribution < -0.4 is 15.4 Å². The van der Waals surface area contributed by atoms with Gasteiger partial charge in [0, 0.05) is 12.2 Å². The Morgan fingerprint density at radius 2 is 1.88 bits per heavy atom. The minimum atomic E-state index is -0.666. The minimum absolute atomic E-state index is 0.112. The Morgan fingerprint density at radius 1 is 1.15 bits per heavy atom. The van der Waals surface area contributed by atoms with Crippen LogP contribution in [0.15, 0.2) is 41.1 Å². The predicted molar refractivity (Wildman–Crippen MR) is 103 cm³/mol. The highest BCUT2D eigenvalue weighted by Gasteiger charge is 2.25. The number of rotatable bonds is 6. The van der Waals surface area contributed by atoms with Crippen molar-refractivity contribution in [2.75, 3.05) is 32.1 Å². The van der Waals surface area contributed by atoms with Gasteiger partial charge in [0.15, 0.2) is 0 Å². The Bertz CT molecular complexity index is 725. The van der Waals surface area contributed by atoms with E-state index in [-0.39, 0.29) is 6.04 Å². The van der Waals surface area contributed by atoms with Crippen LogP contribution in [0.25, 0.3) is 0 Å². The van der Waals surface area contributed by atoms with E-state index in [2.05, 4.69) is 27.0 Å². The molecule has 1 aromatic heterocycles. The zero-order valence-corrected chi connectivity index (χ0v) is 15.6. The van der Waals surface area contributed by atoms with E-state index in [9.17, 15) is 9.59 Å². The van der Waals surface area contributed by atoms with Gasteiger partial charge in [-0.1, -0.05) is 0 Å². The number of nitrogens with one attached hydrogen (secondary N) is 2. The molecule has 3 rings (SSSR count). The maximum absolute atomic E-state index is 12.2. The van der Waals surface area contributed by atoms with Gasteiger partial charge in [-0.05, 0) is 72.6 Å². The third kappa shape index (κ3) is 4.62. The van der Waals surface area contributed by atoms with Gasteiger partial charge in [0.2, 0.25) is 0 Å². The quantitative estimate of drug-likeness (QED) is 0.764. The van der Waals surface area contributed by atoms with E-state index >= 15 is 0 Å². The Kier molecular flexibility index (Phi) is 6.25. The van der Waals surface area contributed by atoms with Gasteiger partial charge in [0.05, 0.1) is 13.2 Å². The number of nitrogens with zero attached hydrogens (tertiary/aromatic N) is 1. The maximum atomic E-state index is 12.2. The number of ether oxygens (including phenoxy) is 1. The molecule has 0 radical (unpaired) electrons. The Hall–Kier alpha value is -2.38. The second-order valence-corrected chi connectivity index (χ2v) is 6.99. The molecule has 1 atom stereocenters. The fraction of sp³-hybridized carbons (Fsp3) is 0.368. The second kappa shape index (κ2) is 8.82. The average Bonchev–Trinajstić information content (AvgIpc) is 3.37. The molecule has 1 aliphatic rings. The second-order valence-electron chi connectivity index (χ2n) is 6.21. The van der Waals surface area contributed by atoms with Crippen molar-refractivity contribution in [2.24, 2.45) is 0 Å². The van der Waals surface area contributed by atoms with Gasteiger partial charge in [0.25, 0.3) is 0 Å². The number of hydrogen-bond acceptors (Lipinski definition) is 5. The maximum Gasteiger partial charge on any atom is 0.313 e. The van der Waals surface area contributed by atoms with Gasteiger partial charge in [-0.2, -0.15) is 11.3 Å². The molecule has 6 nitrogen and oxygen atoms in total. The molecular formula is C19H23N3O3S. The molecule has 1 fully saturated rings. The highest BCUT2D eigenvalue weighted by molar-refractivity contribution is 7.08. The summed E-state index contributed by atoms with van der Waals surface area (Å²) in [6.07, 6.45) is 2.35. The Balaban J connectivity index is 1.56. The van der Waals surface area contributed by atoms with Crippen LogP contribution in [0.3, 0.4) is 0 Å². The van der Waals surface area contributed by atoms with Crippen LogP contribution in [-0.2, 0) is 9.59 Å². The molecule has 2 heterocycles. The summed E-state index contributed by atoms with van der Waals surface area (Å²) in [6, 6.07) is 9.05. The summed E-state index contributed by atoms with van der Waals surface area (Å²) < 4.78 is 5.07. The number of hydrogen-bond donors (Lipinski definition) is 2. The van der Waals surface area contributed by atoms with Crippen molar-refractivity contribution in [3.63, 3.8) is 0 Å². The fourth-order valence-electron chi connectivity index (χ4n) is 3.11. The van der Waals surface area contributed by atoms with E-state index in [4.69, 9.17) is 4.74 Å². The van der Waals surface area contributed by atoms with E-state index < -0.39 is 11.8 Å². The lowest BCUT2D eigenvalue weighted by Gasteiger charge is -2.27. The van der Waals surface area contributed by atoms with Crippen molar-refractivity contribution in [1.82, 2.24) is 10.2 Å². The predicted octanol–water partition coefficient (Wildman–Crippen LogP) is 2.65. The molecule has 0 saturated carbocycles. The number of thiophene rings is 1. The van der Waals surface area contributed by atoms with Crippen LogP contribution in [0.5, 0.6) is 5.75 Å². The lowest BCUT2D eigenvalue weighted by molar-refractivity contribution is -0.136. The van der Waals surface area contributed by atoms with Gasteiger partial charge >= 0.3 is 11.8 Å². The molecule has 0 unspecified atom stereocenters. The number of benzene rings is 1. The zero-order valence-electron chi connectivity index (χ0n) is 14.7. The highest BCUT2D eigenvalue weighted by atomic mass is 32.1. The molecule has 0 aliphatic carbocycles. The van der Waals surface area contributed by atoms with E-state index in [1.54, 1.807) is 42.7 Å². The normalized spacial score (nSPS) is 15.4. The monoisotopic (exact) mass is 373 g/mol. The van der Waals surface area contributed by atoms with Crippen molar-refractivity contribution in [3.8, 4) is 5.75 Å². The summed E-state index contributed by atoms with van der Waals surface area (Å²) in [5.41, 5.74) is 1.74. The molecule has 0 bridgehead atoms. The molecule has 2 aromatic rings. The van der Waals surface area contributed by atoms with Gasteiger partial charge in [-0.3, -0.25) is 14.5 Å². The molecule has 2 amide bonds. The lowest BCUT2D eigenvalue weighted by Crippen LogP contribution is -2.41. The van der Waals surface area contributed by atoms with Crippen LogP contribution in [0, 0.1) is 0 Å². The Morgan fingerprint density at radius 3 is 2.50 bits per heavy atom. The topological polar surface area (TPSA) is 70.7 Å². The molecule has 2 N–H and O–H groups in total. The van der Waals surface area contributed by atoms with Gasteiger partial charge in [-0.15, -0.1) is 0 Å². The van der Waals surface area contributed by atoms with Crippen LogP contribution in [-0.4, -0.2) is 43.5 Å². The number of methoxy groups -OCH3 is 1. The zero-order chi connectivity index (χ0) is 18.4. The number of amides is 2. The Labute approximate surface area is 157 Å². The first kappa shape index (κ1) is 18.4. The number of carbonyl (C=O) groups excluding carboxylic acids is 2. The van der Waals surface area contributed by atoms with Crippen LogP contribution in [0.2, 0.25) is 0 Å². The molecule has 7 heteroatoms. The summed E-state index contributed by atoms with van der Waals surface area (Å²) >= 11 is 1.64. The van der Waals surface area contributed by atoms with Gasteiger partial charge < -0.3 is 15.4 Å². The first-order valence-corrected chi connectivity index (χ1v) is 9.61. The van der Waals surface area contributed by atoms with E-state index in [1.807, 2.05) is 5.38 Å². The first-order chi connectivity index (χ1) is 12.7. The first-order valence-electron chi connectivity index (χ1n) is 8.67. The molecule has 26 heavy (non-hydrogen) atoms. The molecule has 1 saturated heterocycles. The standard InChI is InChI=1S/C19H23N3O3S/c1-25-16-6-4-15(5-7-16)21-19(24)18(23)20-12-17(14-8-11-26-13-14)22-9-2-3-10-22/h4-8,11,13,17H,2-3,9-10,12H2,1H3,(H,20,23)(H,21,24)/t17-/m1/s1. The third-order valence-electron chi connectivity index (χ3n) is 4.52. The molecule has 138 valence electrons. The number of likely N-dealkylation sites (tertiary alicyclic amines) is 1. The van der Waals surface area contributed by atoms with Crippen molar-refractivity contribution in [3.05, 3.63) is 46.7 Å². The van der Waals surface area contributed by atoms with Gasteiger partial charge in [0.1, 0.15) is 5.75 Å². The minimum Gasteiger partial charge on any atom is -0.497 e. The van der Waals surface area contributed by atoms with E-state index in [0.29, 0.717) is 18.0 Å². The highest BCUT2D eigenvalue weighted by Crippen LogP contribution is 2.26. The van der Waals surface area contributed by atoms with Gasteiger partial charge in [-0.25, -0.2) is 0 Å². The summed E-state index contributed by atoms with van der Waals surface area (Å²) in [5.74, 6) is -0.599. The number of carbonyl (C=O) groups is 2. The molecule has 1 aromatic carbocycles. The molecule has 1 aliphatic heterocycles. The smallest absolute Gasteiger partial charge is 0.313 e. The van der Waals surface area contributed by atoms with Crippen molar-refractivity contribution < 1.29 is 14.3 Å². The largest absolute Gasteiger partial charge is 0.497 e. The van der Waals surface area contributed by atoms with Crippen LogP contribution in [0.1, 0.15) is 24.4 Å². The van der Waals surface area contributed by atoms with Crippen molar-refractivity contribution in [2.45, 2.75) is 18.9 Å². The molecular weight excluding hydrogens is 350 g/mol. The number of anilines is 1. The van der Waals surface area contributed by atoms with E-state index in [0.717, 1.165) is 13.1 Å². The van der Waals surface area contributed by atoms with Crippen molar-refractivity contribution >= 4 is 28.8 Å². The summed E-state index contributed by atoms with van der Waals surface area (Å²) in [5, 5.41) is 9.52.